The molecule has 1 heterocycles. The minimum Gasteiger partial charge on any atom is -0.327 e. The van der Waals surface area contributed by atoms with Gasteiger partial charge < -0.3 is 16.0 Å². The quantitative estimate of drug-likeness (QED) is 0.515. The Bertz CT molecular complexity index is 1060. The largest absolute Gasteiger partial charge is 0.327 e. The molecule has 1 aliphatic heterocycles. The SMILES string of the molecule is CC1=C(C(=O)Nc2cccc(C)c2C)C(c2ccc(Cl)c([N+](=O)[O-])c2)NC(=O)N1. The van der Waals surface area contributed by atoms with E-state index in [-0.39, 0.29) is 16.3 Å². The van der Waals surface area contributed by atoms with Gasteiger partial charge in [-0.3, -0.25) is 14.9 Å². The van der Waals surface area contributed by atoms with Gasteiger partial charge in [0.25, 0.3) is 11.6 Å². The summed E-state index contributed by atoms with van der Waals surface area (Å²) in [4.78, 5) is 35.7. The highest BCUT2D eigenvalue weighted by Gasteiger charge is 2.32. The Morgan fingerprint density at radius 1 is 1.21 bits per heavy atom. The molecule has 2 aromatic rings. The smallest absolute Gasteiger partial charge is 0.319 e. The maximum Gasteiger partial charge on any atom is 0.319 e. The van der Waals surface area contributed by atoms with E-state index < -0.39 is 22.9 Å². The number of hydrogen-bond acceptors (Lipinski definition) is 4. The Morgan fingerprint density at radius 3 is 2.62 bits per heavy atom. The second-order valence-electron chi connectivity index (χ2n) is 6.74. The third-order valence-electron chi connectivity index (χ3n) is 4.87. The number of hydrogen-bond donors (Lipinski definition) is 3. The number of aryl methyl sites for hydroxylation is 1. The number of urea groups is 1. The number of carbonyl (C=O) groups is 2. The monoisotopic (exact) mass is 414 g/mol. The molecular weight excluding hydrogens is 396 g/mol. The van der Waals surface area contributed by atoms with Crippen molar-refractivity contribution >= 4 is 34.9 Å². The van der Waals surface area contributed by atoms with Crippen LogP contribution in [0.5, 0.6) is 0 Å². The zero-order valence-corrected chi connectivity index (χ0v) is 16.8. The number of carbonyl (C=O) groups excluding carboxylic acids is 2. The molecule has 1 aliphatic rings. The number of halogens is 1. The summed E-state index contributed by atoms with van der Waals surface area (Å²) in [6, 6.07) is 8.36. The molecule has 0 radical (unpaired) electrons. The van der Waals surface area contributed by atoms with Crippen molar-refractivity contribution in [2.24, 2.45) is 0 Å². The van der Waals surface area contributed by atoms with Gasteiger partial charge >= 0.3 is 6.03 Å². The van der Waals surface area contributed by atoms with Gasteiger partial charge in [0.15, 0.2) is 0 Å². The molecule has 29 heavy (non-hydrogen) atoms. The first-order chi connectivity index (χ1) is 13.7. The fraction of sp³-hybridized carbons (Fsp3) is 0.200. The van der Waals surface area contributed by atoms with Gasteiger partial charge in [-0.1, -0.05) is 29.8 Å². The molecule has 150 valence electrons. The van der Waals surface area contributed by atoms with Crippen LogP contribution in [0.1, 0.15) is 29.7 Å². The van der Waals surface area contributed by atoms with Crippen molar-refractivity contribution in [1.29, 1.82) is 0 Å². The number of anilines is 1. The molecule has 8 nitrogen and oxygen atoms in total. The van der Waals surface area contributed by atoms with Crippen LogP contribution in [-0.4, -0.2) is 16.9 Å². The number of nitro groups is 1. The van der Waals surface area contributed by atoms with E-state index >= 15 is 0 Å². The predicted molar refractivity (Wildman–Crippen MR) is 110 cm³/mol. The van der Waals surface area contributed by atoms with E-state index in [4.69, 9.17) is 11.6 Å². The molecule has 9 heteroatoms. The van der Waals surface area contributed by atoms with Gasteiger partial charge in [0, 0.05) is 17.5 Å². The standard InChI is InChI=1S/C20H19ClN4O4/c1-10-5-4-6-15(11(10)2)23-19(26)17-12(3)22-20(27)24-18(17)13-7-8-14(21)16(9-13)25(28)29/h4-9,18H,1-3H3,(H,23,26)(H2,22,24,27). The average Bonchev–Trinajstić information content (AvgIpc) is 2.64. The lowest BCUT2D eigenvalue weighted by Gasteiger charge is -2.29. The highest BCUT2D eigenvalue weighted by atomic mass is 35.5. The van der Waals surface area contributed by atoms with Crippen LogP contribution in [0.3, 0.4) is 0 Å². The van der Waals surface area contributed by atoms with E-state index in [9.17, 15) is 19.7 Å². The highest BCUT2D eigenvalue weighted by molar-refractivity contribution is 6.32. The molecule has 0 fully saturated rings. The molecule has 0 aliphatic carbocycles. The molecule has 0 spiro atoms. The van der Waals surface area contributed by atoms with Crippen LogP contribution in [0.4, 0.5) is 16.2 Å². The summed E-state index contributed by atoms with van der Waals surface area (Å²) in [5.74, 6) is -0.425. The summed E-state index contributed by atoms with van der Waals surface area (Å²) in [6.45, 7) is 5.44. The Morgan fingerprint density at radius 2 is 1.93 bits per heavy atom. The number of nitro benzene ring substituents is 1. The Kier molecular flexibility index (Phi) is 5.56. The van der Waals surface area contributed by atoms with Crippen molar-refractivity contribution in [2.75, 3.05) is 5.32 Å². The van der Waals surface area contributed by atoms with Gasteiger partial charge in [0.1, 0.15) is 5.02 Å². The number of nitrogens with zero attached hydrogens (tertiary/aromatic N) is 1. The van der Waals surface area contributed by atoms with Crippen molar-refractivity contribution < 1.29 is 14.5 Å². The molecule has 2 aromatic carbocycles. The topological polar surface area (TPSA) is 113 Å². The molecule has 1 unspecified atom stereocenters. The zero-order chi connectivity index (χ0) is 21.3. The maximum atomic E-state index is 13.1. The van der Waals surface area contributed by atoms with Crippen LogP contribution in [0.2, 0.25) is 5.02 Å². The number of nitrogens with one attached hydrogen (secondary N) is 3. The van der Waals surface area contributed by atoms with Gasteiger partial charge in [-0.2, -0.15) is 0 Å². The van der Waals surface area contributed by atoms with E-state index in [2.05, 4.69) is 16.0 Å². The van der Waals surface area contributed by atoms with Crippen molar-refractivity contribution in [3.63, 3.8) is 0 Å². The highest BCUT2D eigenvalue weighted by Crippen LogP contribution is 2.33. The molecule has 0 saturated heterocycles. The van der Waals surface area contributed by atoms with Gasteiger partial charge in [-0.05, 0) is 49.6 Å². The molecule has 1 atom stereocenters. The number of rotatable bonds is 4. The molecular formula is C20H19ClN4O4. The zero-order valence-electron chi connectivity index (χ0n) is 16.0. The van der Waals surface area contributed by atoms with Gasteiger partial charge in [0.2, 0.25) is 0 Å². The Hall–Kier alpha value is -3.39. The molecule has 3 amide bonds. The van der Waals surface area contributed by atoms with Gasteiger partial charge in [-0.25, -0.2) is 4.79 Å². The normalized spacial score (nSPS) is 16.1. The second kappa shape index (κ2) is 7.92. The van der Waals surface area contributed by atoms with E-state index in [1.807, 2.05) is 26.0 Å². The number of allylic oxidation sites excluding steroid dienone is 1. The van der Waals surface area contributed by atoms with Crippen molar-refractivity contribution in [2.45, 2.75) is 26.8 Å². The minimum absolute atomic E-state index is 0.0268. The first-order valence-electron chi connectivity index (χ1n) is 8.78. The lowest BCUT2D eigenvalue weighted by atomic mass is 9.94. The molecule has 3 rings (SSSR count). The van der Waals surface area contributed by atoms with E-state index in [1.165, 1.54) is 12.1 Å². The van der Waals surface area contributed by atoms with Gasteiger partial charge in [-0.15, -0.1) is 0 Å². The molecule has 0 saturated carbocycles. The van der Waals surface area contributed by atoms with E-state index in [1.54, 1.807) is 19.1 Å². The van der Waals surface area contributed by atoms with Gasteiger partial charge in [0.05, 0.1) is 16.5 Å². The Labute approximate surface area is 172 Å². The van der Waals surface area contributed by atoms with Crippen LogP contribution < -0.4 is 16.0 Å². The summed E-state index contributed by atoms with van der Waals surface area (Å²) in [7, 11) is 0. The first kappa shape index (κ1) is 20.3. The summed E-state index contributed by atoms with van der Waals surface area (Å²) in [5.41, 5.74) is 3.28. The fourth-order valence-corrected chi connectivity index (χ4v) is 3.36. The van der Waals surface area contributed by atoms with Crippen LogP contribution in [0.15, 0.2) is 47.7 Å². The van der Waals surface area contributed by atoms with Crippen molar-refractivity contribution in [1.82, 2.24) is 10.6 Å². The minimum atomic E-state index is -0.871. The summed E-state index contributed by atoms with van der Waals surface area (Å²) >= 11 is 5.89. The average molecular weight is 415 g/mol. The summed E-state index contributed by atoms with van der Waals surface area (Å²) in [5, 5.41) is 19.3. The van der Waals surface area contributed by atoms with Crippen LogP contribution in [0.25, 0.3) is 0 Å². The van der Waals surface area contributed by atoms with Crippen LogP contribution >= 0.6 is 11.6 Å². The third-order valence-corrected chi connectivity index (χ3v) is 5.19. The molecule has 0 aromatic heterocycles. The fourth-order valence-electron chi connectivity index (χ4n) is 3.17. The Balaban J connectivity index is 2.02. The predicted octanol–water partition coefficient (Wildman–Crippen LogP) is 4.13. The third kappa shape index (κ3) is 4.07. The summed E-state index contributed by atoms with van der Waals surface area (Å²) in [6.07, 6.45) is 0. The molecule has 3 N–H and O–H groups in total. The number of benzene rings is 2. The summed E-state index contributed by atoms with van der Waals surface area (Å²) < 4.78 is 0. The van der Waals surface area contributed by atoms with E-state index in [0.717, 1.165) is 11.1 Å². The second-order valence-corrected chi connectivity index (χ2v) is 7.15. The number of amides is 3. The lowest BCUT2D eigenvalue weighted by Crippen LogP contribution is -2.46. The molecule has 0 bridgehead atoms. The maximum absolute atomic E-state index is 13.1. The van der Waals surface area contributed by atoms with Crippen molar-refractivity contribution in [3.05, 3.63) is 79.5 Å². The van der Waals surface area contributed by atoms with Crippen molar-refractivity contribution in [3.8, 4) is 0 Å². The van der Waals surface area contributed by atoms with Crippen LogP contribution in [0, 0.1) is 24.0 Å². The van der Waals surface area contributed by atoms with Crippen LogP contribution in [-0.2, 0) is 4.79 Å². The lowest BCUT2D eigenvalue weighted by molar-refractivity contribution is -0.384. The van der Waals surface area contributed by atoms with E-state index in [0.29, 0.717) is 16.9 Å². The first-order valence-corrected chi connectivity index (χ1v) is 9.16.